The van der Waals surface area contributed by atoms with Gasteiger partial charge in [-0.3, -0.25) is 4.99 Å². The third-order valence-electron chi connectivity index (χ3n) is 5.18. The van der Waals surface area contributed by atoms with Crippen molar-refractivity contribution in [3.05, 3.63) is 53.6 Å². The molecule has 0 amide bonds. The maximum absolute atomic E-state index is 13.2. The summed E-state index contributed by atoms with van der Waals surface area (Å²) in [7, 11) is -2.11. The van der Waals surface area contributed by atoms with E-state index < -0.39 is 10.0 Å². The highest BCUT2D eigenvalue weighted by Gasteiger charge is 2.35. The Morgan fingerprint density at radius 2 is 1.59 bits per heavy atom. The van der Waals surface area contributed by atoms with E-state index in [0.29, 0.717) is 37.9 Å². The first-order valence-corrected chi connectivity index (χ1v) is 11.3. The van der Waals surface area contributed by atoms with Gasteiger partial charge in [0, 0.05) is 26.2 Å². The topological polar surface area (TPSA) is 65.5 Å². The van der Waals surface area contributed by atoms with E-state index in [-0.39, 0.29) is 4.90 Å². The number of sulfonamides is 1. The van der Waals surface area contributed by atoms with Gasteiger partial charge in [-0.05, 0) is 36.4 Å². The summed E-state index contributed by atoms with van der Waals surface area (Å²) in [6, 6.07) is 14.2. The molecule has 0 aliphatic carbocycles. The monoisotopic (exact) mass is 434 g/mol. The Bertz CT molecular complexity index is 1000. The Labute approximate surface area is 176 Å². The molecule has 0 radical (unpaired) electrons. The van der Waals surface area contributed by atoms with Crippen molar-refractivity contribution in [3.63, 3.8) is 0 Å². The number of piperazine rings is 1. The molecule has 4 rings (SSSR count). The molecule has 154 valence electrons. The van der Waals surface area contributed by atoms with E-state index in [1.54, 1.807) is 31.4 Å². The van der Waals surface area contributed by atoms with E-state index in [1.165, 1.54) is 4.31 Å². The van der Waals surface area contributed by atoms with Gasteiger partial charge in [0.05, 0.1) is 35.8 Å². The molecular formula is C20H23ClN4O3S. The smallest absolute Gasteiger partial charge is 0.266 e. The summed E-state index contributed by atoms with van der Waals surface area (Å²) in [6.07, 6.45) is 0. The lowest BCUT2D eigenvalue weighted by atomic mass is 10.2. The second-order valence-corrected chi connectivity index (χ2v) is 9.13. The van der Waals surface area contributed by atoms with Crippen molar-refractivity contribution >= 4 is 33.3 Å². The van der Waals surface area contributed by atoms with Crippen LogP contribution in [0.2, 0.25) is 5.02 Å². The van der Waals surface area contributed by atoms with E-state index in [1.807, 2.05) is 29.2 Å². The van der Waals surface area contributed by atoms with Crippen LogP contribution in [-0.2, 0) is 10.0 Å². The highest BCUT2D eigenvalue weighted by atomic mass is 35.5. The Balaban J connectivity index is 1.48. The minimum absolute atomic E-state index is 0.239. The lowest BCUT2D eigenvalue weighted by molar-refractivity contribution is 0.358. The third kappa shape index (κ3) is 3.86. The van der Waals surface area contributed by atoms with Gasteiger partial charge >= 0.3 is 0 Å². The van der Waals surface area contributed by atoms with E-state index in [9.17, 15) is 8.42 Å². The SMILES string of the molecule is COc1ccc(S(=O)(=O)N2CCN=C2N2CCN(c3ccccc3Cl)CC2)cc1. The molecular weight excluding hydrogens is 412 g/mol. The van der Waals surface area contributed by atoms with Crippen LogP contribution < -0.4 is 9.64 Å². The minimum atomic E-state index is -3.66. The number of hydrogen-bond acceptors (Lipinski definition) is 6. The molecule has 1 saturated heterocycles. The zero-order valence-electron chi connectivity index (χ0n) is 16.2. The second kappa shape index (κ2) is 8.12. The summed E-state index contributed by atoms with van der Waals surface area (Å²) in [4.78, 5) is 9.00. The molecule has 2 aromatic rings. The number of hydrogen-bond donors (Lipinski definition) is 0. The quantitative estimate of drug-likeness (QED) is 0.739. The highest BCUT2D eigenvalue weighted by molar-refractivity contribution is 7.89. The number of nitrogens with zero attached hydrogens (tertiary/aromatic N) is 4. The molecule has 1 fully saturated rings. The summed E-state index contributed by atoms with van der Waals surface area (Å²) >= 11 is 6.32. The molecule has 0 spiro atoms. The molecule has 7 nitrogen and oxygen atoms in total. The molecule has 0 N–H and O–H groups in total. The molecule has 2 aromatic carbocycles. The summed E-state index contributed by atoms with van der Waals surface area (Å²) in [6.45, 7) is 3.68. The van der Waals surface area contributed by atoms with Crippen molar-refractivity contribution < 1.29 is 13.2 Å². The first-order valence-electron chi connectivity index (χ1n) is 9.46. The van der Waals surface area contributed by atoms with Crippen LogP contribution in [0.3, 0.4) is 0 Å². The molecule has 0 atom stereocenters. The van der Waals surface area contributed by atoms with E-state index in [2.05, 4.69) is 9.89 Å². The molecule has 2 aliphatic rings. The van der Waals surface area contributed by atoms with Crippen LogP contribution in [0, 0.1) is 0 Å². The summed E-state index contributed by atoms with van der Waals surface area (Å²) < 4.78 is 32.9. The van der Waals surface area contributed by atoms with Gasteiger partial charge in [0.2, 0.25) is 5.96 Å². The Hall–Kier alpha value is -2.45. The first kappa shape index (κ1) is 19.8. The number of halogens is 1. The fourth-order valence-electron chi connectivity index (χ4n) is 3.64. The van der Waals surface area contributed by atoms with Crippen molar-refractivity contribution in [3.8, 4) is 5.75 Å². The first-order chi connectivity index (χ1) is 14.0. The fourth-order valence-corrected chi connectivity index (χ4v) is 5.34. The minimum Gasteiger partial charge on any atom is -0.497 e. The summed E-state index contributed by atoms with van der Waals surface area (Å²) in [5, 5.41) is 0.725. The summed E-state index contributed by atoms with van der Waals surface area (Å²) in [5.41, 5.74) is 1.00. The van der Waals surface area contributed by atoms with Gasteiger partial charge < -0.3 is 14.5 Å². The van der Waals surface area contributed by atoms with Gasteiger partial charge in [-0.25, -0.2) is 12.7 Å². The van der Waals surface area contributed by atoms with Crippen LogP contribution in [0.5, 0.6) is 5.75 Å². The molecule has 0 bridgehead atoms. The van der Waals surface area contributed by atoms with Crippen LogP contribution >= 0.6 is 11.6 Å². The number of rotatable bonds is 4. The number of anilines is 1. The number of para-hydroxylation sites is 1. The van der Waals surface area contributed by atoms with Gasteiger partial charge in [0.25, 0.3) is 10.0 Å². The van der Waals surface area contributed by atoms with Crippen molar-refractivity contribution in [2.45, 2.75) is 4.90 Å². The summed E-state index contributed by atoms with van der Waals surface area (Å²) in [5.74, 6) is 1.15. The fraction of sp³-hybridized carbons (Fsp3) is 0.350. The highest BCUT2D eigenvalue weighted by Crippen LogP contribution is 2.27. The number of benzene rings is 2. The molecule has 2 heterocycles. The van der Waals surface area contributed by atoms with Crippen molar-refractivity contribution in [1.82, 2.24) is 9.21 Å². The van der Waals surface area contributed by atoms with Gasteiger partial charge in [0.1, 0.15) is 5.75 Å². The van der Waals surface area contributed by atoms with Crippen LogP contribution in [0.25, 0.3) is 0 Å². The molecule has 0 aromatic heterocycles. The average molecular weight is 435 g/mol. The Morgan fingerprint density at radius 3 is 2.24 bits per heavy atom. The normalized spacial score (nSPS) is 17.4. The second-order valence-electron chi connectivity index (χ2n) is 6.86. The maximum Gasteiger partial charge on any atom is 0.266 e. The van der Waals surface area contributed by atoms with Gasteiger partial charge in [-0.1, -0.05) is 23.7 Å². The molecule has 9 heteroatoms. The van der Waals surface area contributed by atoms with Crippen molar-refractivity contribution in [2.24, 2.45) is 4.99 Å². The van der Waals surface area contributed by atoms with Gasteiger partial charge in [-0.15, -0.1) is 0 Å². The van der Waals surface area contributed by atoms with Crippen LogP contribution in [0.1, 0.15) is 0 Å². The lowest BCUT2D eigenvalue weighted by Crippen LogP contribution is -2.53. The predicted molar refractivity (Wildman–Crippen MR) is 114 cm³/mol. The van der Waals surface area contributed by atoms with Gasteiger partial charge in [0.15, 0.2) is 0 Å². The van der Waals surface area contributed by atoms with E-state index in [4.69, 9.17) is 16.3 Å². The molecule has 0 saturated carbocycles. The van der Waals surface area contributed by atoms with Crippen LogP contribution in [0.15, 0.2) is 58.4 Å². The number of guanidine groups is 1. The zero-order chi connectivity index (χ0) is 20.4. The van der Waals surface area contributed by atoms with Gasteiger partial charge in [-0.2, -0.15) is 0 Å². The van der Waals surface area contributed by atoms with Crippen LogP contribution in [0.4, 0.5) is 5.69 Å². The van der Waals surface area contributed by atoms with E-state index >= 15 is 0 Å². The molecule has 0 unspecified atom stereocenters. The van der Waals surface area contributed by atoms with Crippen molar-refractivity contribution in [1.29, 1.82) is 0 Å². The average Bonchev–Trinajstić information content (AvgIpc) is 3.25. The molecule has 29 heavy (non-hydrogen) atoms. The standard InChI is InChI=1S/C20H23ClN4O3S/c1-28-16-6-8-17(9-7-16)29(26,27)25-11-10-22-20(25)24-14-12-23(13-15-24)19-5-3-2-4-18(19)21/h2-9H,10-15H2,1H3. The number of ether oxygens (including phenoxy) is 1. The Kier molecular flexibility index (Phi) is 5.56. The number of aliphatic imine (C=N–C) groups is 1. The van der Waals surface area contributed by atoms with E-state index in [0.717, 1.165) is 23.8 Å². The molecule has 2 aliphatic heterocycles. The maximum atomic E-state index is 13.2. The number of methoxy groups -OCH3 is 1. The lowest BCUT2D eigenvalue weighted by Gasteiger charge is -2.39. The van der Waals surface area contributed by atoms with Crippen LogP contribution in [-0.4, -0.2) is 70.0 Å². The zero-order valence-corrected chi connectivity index (χ0v) is 17.7. The third-order valence-corrected chi connectivity index (χ3v) is 7.30. The Morgan fingerprint density at radius 1 is 0.931 bits per heavy atom. The largest absolute Gasteiger partial charge is 0.497 e. The van der Waals surface area contributed by atoms with Crippen molar-refractivity contribution in [2.75, 3.05) is 51.3 Å². The predicted octanol–water partition coefficient (Wildman–Crippen LogP) is 2.53.